The maximum absolute atomic E-state index is 11.7. The van der Waals surface area contributed by atoms with Gasteiger partial charge in [0.1, 0.15) is 6.29 Å². The molecule has 0 heterocycles. The van der Waals surface area contributed by atoms with Gasteiger partial charge in [0.05, 0.1) is 6.04 Å². The van der Waals surface area contributed by atoms with Crippen LogP contribution in [0, 0.1) is 0 Å². The minimum atomic E-state index is -0.957. The van der Waals surface area contributed by atoms with E-state index in [4.69, 9.17) is 5.11 Å². The van der Waals surface area contributed by atoms with Crippen LogP contribution in [0.1, 0.15) is 96.8 Å². The van der Waals surface area contributed by atoms with Crippen molar-refractivity contribution >= 4 is 18.2 Å². The Balaban J connectivity index is 3.45. The van der Waals surface area contributed by atoms with Crippen molar-refractivity contribution in [2.24, 2.45) is 0 Å². The molecule has 0 bridgehead atoms. The maximum Gasteiger partial charge on any atom is 0.303 e. The molecule has 0 fully saturated rings. The Morgan fingerprint density at radius 2 is 1.38 bits per heavy atom. The van der Waals surface area contributed by atoms with E-state index in [1.807, 2.05) is 0 Å². The fourth-order valence-corrected chi connectivity index (χ4v) is 2.68. The first-order valence-corrected chi connectivity index (χ1v) is 9.56. The third kappa shape index (κ3) is 15.5. The second-order valence-corrected chi connectivity index (χ2v) is 6.53. The zero-order valence-corrected chi connectivity index (χ0v) is 15.2. The van der Waals surface area contributed by atoms with Gasteiger partial charge >= 0.3 is 5.97 Å². The van der Waals surface area contributed by atoms with Gasteiger partial charge in [0.15, 0.2) is 0 Å². The van der Waals surface area contributed by atoms with E-state index in [0.717, 1.165) is 19.3 Å². The van der Waals surface area contributed by atoms with E-state index in [1.165, 1.54) is 51.4 Å². The Hall–Kier alpha value is -1.39. The van der Waals surface area contributed by atoms with Crippen LogP contribution in [0.25, 0.3) is 0 Å². The largest absolute Gasteiger partial charge is 0.481 e. The van der Waals surface area contributed by atoms with E-state index < -0.39 is 12.0 Å². The molecule has 24 heavy (non-hydrogen) atoms. The molecule has 2 N–H and O–H groups in total. The van der Waals surface area contributed by atoms with Crippen LogP contribution in [0.3, 0.4) is 0 Å². The molecule has 0 aromatic carbocycles. The summed E-state index contributed by atoms with van der Waals surface area (Å²) >= 11 is 0. The highest BCUT2D eigenvalue weighted by molar-refractivity contribution is 5.79. The number of carboxylic acids is 1. The summed E-state index contributed by atoms with van der Waals surface area (Å²) in [7, 11) is 0. The minimum absolute atomic E-state index is 0.109. The van der Waals surface area contributed by atoms with Gasteiger partial charge in [-0.05, 0) is 12.8 Å². The fraction of sp³-hybridized carbons (Fsp3) is 0.842. The van der Waals surface area contributed by atoms with Gasteiger partial charge in [-0.1, -0.05) is 71.1 Å². The lowest BCUT2D eigenvalue weighted by molar-refractivity contribution is -0.137. The van der Waals surface area contributed by atoms with Gasteiger partial charge in [-0.3, -0.25) is 9.59 Å². The summed E-state index contributed by atoms with van der Waals surface area (Å²) in [6, 6.07) is -0.679. The average molecular weight is 341 g/mol. The van der Waals surface area contributed by atoms with Crippen LogP contribution in [-0.4, -0.2) is 29.3 Å². The Morgan fingerprint density at radius 1 is 0.875 bits per heavy atom. The van der Waals surface area contributed by atoms with Gasteiger partial charge in [0, 0.05) is 12.8 Å². The molecule has 0 aliphatic heterocycles. The van der Waals surface area contributed by atoms with Gasteiger partial charge in [0.25, 0.3) is 0 Å². The van der Waals surface area contributed by atoms with Crippen molar-refractivity contribution in [3.63, 3.8) is 0 Å². The first-order valence-electron chi connectivity index (χ1n) is 9.56. The standard InChI is InChI=1S/C19H35NO4/c1-2-3-4-5-6-7-8-9-10-11-12-13-18(22)20-17(16-21)14-15-19(23)24/h16-17H,2-15H2,1H3,(H,20,22)(H,23,24). The molecule has 1 amide bonds. The lowest BCUT2D eigenvalue weighted by Gasteiger charge is -2.11. The van der Waals surface area contributed by atoms with Crippen LogP contribution in [0.2, 0.25) is 0 Å². The molecule has 0 saturated carbocycles. The highest BCUT2D eigenvalue weighted by Gasteiger charge is 2.12. The summed E-state index contributed by atoms with van der Waals surface area (Å²) in [5.41, 5.74) is 0. The van der Waals surface area contributed by atoms with Crippen LogP contribution in [0.5, 0.6) is 0 Å². The van der Waals surface area contributed by atoms with Gasteiger partial charge in [-0.2, -0.15) is 0 Å². The number of aldehydes is 1. The van der Waals surface area contributed by atoms with Crippen molar-refractivity contribution in [2.45, 2.75) is 103 Å². The number of hydrogen-bond acceptors (Lipinski definition) is 3. The van der Waals surface area contributed by atoms with Crippen LogP contribution in [0.15, 0.2) is 0 Å². The number of unbranched alkanes of at least 4 members (excludes halogenated alkanes) is 10. The van der Waals surface area contributed by atoms with Gasteiger partial charge < -0.3 is 15.2 Å². The van der Waals surface area contributed by atoms with Crippen molar-refractivity contribution < 1.29 is 19.5 Å². The molecule has 0 aliphatic rings. The average Bonchev–Trinajstić information content (AvgIpc) is 2.56. The van der Waals surface area contributed by atoms with Gasteiger partial charge in [-0.25, -0.2) is 0 Å². The minimum Gasteiger partial charge on any atom is -0.481 e. The Bertz CT molecular complexity index is 344. The quantitative estimate of drug-likeness (QED) is 0.306. The van der Waals surface area contributed by atoms with E-state index in [2.05, 4.69) is 12.2 Å². The number of nitrogens with one attached hydrogen (secondary N) is 1. The summed E-state index contributed by atoms with van der Waals surface area (Å²) < 4.78 is 0. The second-order valence-electron chi connectivity index (χ2n) is 6.53. The fourth-order valence-electron chi connectivity index (χ4n) is 2.68. The molecular weight excluding hydrogens is 306 g/mol. The topological polar surface area (TPSA) is 83.5 Å². The van der Waals surface area contributed by atoms with Crippen molar-refractivity contribution in [3.8, 4) is 0 Å². The third-order valence-electron chi connectivity index (χ3n) is 4.19. The second kappa shape index (κ2) is 16.5. The monoisotopic (exact) mass is 341 g/mol. The predicted octanol–water partition coefficient (Wildman–Crippen LogP) is 4.24. The summed E-state index contributed by atoms with van der Waals surface area (Å²) in [4.78, 5) is 33.0. The molecule has 0 radical (unpaired) electrons. The third-order valence-corrected chi connectivity index (χ3v) is 4.19. The Kier molecular flexibility index (Phi) is 15.5. The van der Waals surface area contributed by atoms with Crippen LogP contribution >= 0.6 is 0 Å². The van der Waals surface area contributed by atoms with Crippen LogP contribution in [0.4, 0.5) is 0 Å². The molecule has 1 unspecified atom stereocenters. The van der Waals surface area contributed by atoms with E-state index in [9.17, 15) is 14.4 Å². The number of hydrogen-bond donors (Lipinski definition) is 2. The molecule has 5 heteroatoms. The highest BCUT2D eigenvalue weighted by atomic mass is 16.4. The van der Waals surface area contributed by atoms with Crippen LogP contribution < -0.4 is 5.32 Å². The molecule has 1 atom stereocenters. The maximum atomic E-state index is 11.7. The van der Waals surface area contributed by atoms with Gasteiger partial charge in [-0.15, -0.1) is 0 Å². The lowest BCUT2D eigenvalue weighted by atomic mass is 10.1. The van der Waals surface area contributed by atoms with Crippen LogP contribution in [-0.2, 0) is 14.4 Å². The highest BCUT2D eigenvalue weighted by Crippen LogP contribution is 2.12. The number of carbonyl (C=O) groups is 3. The summed E-state index contributed by atoms with van der Waals surface area (Å²) in [5.74, 6) is -1.12. The summed E-state index contributed by atoms with van der Waals surface area (Å²) in [6.45, 7) is 2.23. The summed E-state index contributed by atoms with van der Waals surface area (Å²) in [5, 5.41) is 11.2. The normalized spacial score (nSPS) is 11.9. The first kappa shape index (κ1) is 22.6. The number of amides is 1. The van der Waals surface area contributed by atoms with Crippen molar-refractivity contribution in [1.82, 2.24) is 5.32 Å². The number of carbonyl (C=O) groups excluding carboxylic acids is 2. The first-order chi connectivity index (χ1) is 11.6. The van der Waals surface area contributed by atoms with Crippen molar-refractivity contribution in [3.05, 3.63) is 0 Å². The molecular formula is C19H35NO4. The van der Waals surface area contributed by atoms with Gasteiger partial charge in [0.2, 0.25) is 5.91 Å². The molecule has 0 spiro atoms. The van der Waals surface area contributed by atoms with E-state index in [1.54, 1.807) is 0 Å². The van der Waals surface area contributed by atoms with Crippen molar-refractivity contribution in [1.29, 1.82) is 0 Å². The molecule has 0 aliphatic carbocycles. The Morgan fingerprint density at radius 3 is 1.83 bits per heavy atom. The Labute approximate surface area is 146 Å². The number of rotatable bonds is 17. The number of carboxylic acid groups (broad SMARTS) is 1. The molecule has 0 aromatic rings. The molecule has 0 rings (SSSR count). The molecule has 0 saturated heterocycles. The SMILES string of the molecule is CCCCCCCCCCCCCC(=O)NC(C=O)CCC(=O)O. The molecule has 0 aromatic heterocycles. The van der Waals surface area contributed by atoms with E-state index in [0.29, 0.717) is 12.7 Å². The molecule has 5 nitrogen and oxygen atoms in total. The molecule has 140 valence electrons. The zero-order valence-electron chi connectivity index (χ0n) is 15.2. The zero-order chi connectivity index (χ0) is 18.0. The van der Waals surface area contributed by atoms with Crippen molar-refractivity contribution in [2.75, 3.05) is 0 Å². The van der Waals surface area contributed by atoms with E-state index in [-0.39, 0.29) is 18.7 Å². The lowest BCUT2D eigenvalue weighted by Crippen LogP contribution is -2.36. The smallest absolute Gasteiger partial charge is 0.303 e. The predicted molar refractivity (Wildman–Crippen MR) is 95.9 cm³/mol. The van der Waals surface area contributed by atoms with E-state index >= 15 is 0 Å². The number of aliphatic carboxylic acids is 1. The summed E-state index contributed by atoms with van der Waals surface area (Å²) in [6.07, 6.45) is 14.6.